The summed E-state index contributed by atoms with van der Waals surface area (Å²) in [4.78, 5) is 0. The SMILES string of the molecule is CCCCCC(O)C(CC)CCC(CC)CCCO. The van der Waals surface area contributed by atoms with Crippen molar-refractivity contribution in [1.29, 1.82) is 0 Å². The normalized spacial score (nSPS) is 16.3. The Hall–Kier alpha value is -0.0800. The zero-order valence-corrected chi connectivity index (χ0v) is 13.4. The second-order valence-corrected chi connectivity index (χ2v) is 5.95. The molecule has 0 aliphatic carbocycles. The molecule has 0 fully saturated rings. The molecule has 0 aromatic rings. The number of hydrogen-bond acceptors (Lipinski definition) is 2. The molecule has 0 aliphatic heterocycles. The van der Waals surface area contributed by atoms with Crippen LogP contribution in [0, 0.1) is 11.8 Å². The second-order valence-electron chi connectivity index (χ2n) is 5.95. The highest BCUT2D eigenvalue weighted by Gasteiger charge is 2.18. The molecule has 0 heterocycles. The Labute approximate surface area is 120 Å². The van der Waals surface area contributed by atoms with Gasteiger partial charge in [0.05, 0.1) is 6.10 Å². The molecule has 0 bridgehead atoms. The topological polar surface area (TPSA) is 40.5 Å². The lowest BCUT2D eigenvalue weighted by molar-refractivity contribution is 0.0842. The zero-order valence-electron chi connectivity index (χ0n) is 13.4. The van der Waals surface area contributed by atoms with Crippen molar-refractivity contribution in [2.75, 3.05) is 6.61 Å². The van der Waals surface area contributed by atoms with Crippen LogP contribution in [0.25, 0.3) is 0 Å². The minimum absolute atomic E-state index is 0.105. The van der Waals surface area contributed by atoms with E-state index < -0.39 is 0 Å². The summed E-state index contributed by atoms with van der Waals surface area (Å²) in [6, 6.07) is 0. The lowest BCUT2D eigenvalue weighted by atomic mass is 9.85. The van der Waals surface area contributed by atoms with Crippen LogP contribution in [-0.2, 0) is 0 Å². The van der Waals surface area contributed by atoms with E-state index in [1.807, 2.05) is 0 Å². The molecule has 3 atom stereocenters. The molecule has 2 heteroatoms. The predicted octanol–water partition coefficient (Wildman–Crippen LogP) is 4.53. The van der Waals surface area contributed by atoms with Crippen LogP contribution in [0.1, 0.15) is 85.0 Å². The summed E-state index contributed by atoms with van der Waals surface area (Å²) in [6.07, 6.45) is 11.2. The van der Waals surface area contributed by atoms with E-state index in [2.05, 4.69) is 20.8 Å². The Morgan fingerprint density at radius 2 is 1.53 bits per heavy atom. The van der Waals surface area contributed by atoms with E-state index in [0.29, 0.717) is 12.5 Å². The van der Waals surface area contributed by atoms with Crippen molar-refractivity contribution in [2.24, 2.45) is 11.8 Å². The molecular formula is C17H36O2. The molecule has 0 saturated heterocycles. The first-order valence-electron chi connectivity index (χ1n) is 8.48. The zero-order chi connectivity index (χ0) is 14.5. The summed E-state index contributed by atoms with van der Waals surface area (Å²) in [5.41, 5.74) is 0. The number of unbranched alkanes of at least 4 members (excludes halogenated alkanes) is 2. The van der Waals surface area contributed by atoms with Gasteiger partial charge >= 0.3 is 0 Å². The van der Waals surface area contributed by atoms with E-state index in [1.54, 1.807) is 0 Å². The third-order valence-corrected chi connectivity index (χ3v) is 4.47. The lowest BCUT2D eigenvalue weighted by Gasteiger charge is -2.24. The summed E-state index contributed by atoms with van der Waals surface area (Å²) in [5.74, 6) is 1.20. The van der Waals surface area contributed by atoms with Crippen molar-refractivity contribution in [3.63, 3.8) is 0 Å². The Morgan fingerprint density at radius 3 is 2.05 bits per heavy atom. The van der Waals surface area contributed by atoms with Gasteiger partial charge in [-0.05, 0) is 37.5 Å². The van der Waals surface area contributed by atoms with Gasteiger partial charge in [0, 0.05) is 6.61 Å². The van der Waals surface area contributed by atoms with Crippen LogP contribution in [0.15, 0.2) is 0 Å². The van der Waals surface area contributed by atoms with Crippen LogP contribution in [0.5, 0.6) is 0 Å². The standard InChI is InChI=1S/C17H36O2/c1-4-7-8-11-17(19)16(6-3)13-12-15(5-2)10-9-14-18/h15-19H,4-14H2,1-3H3. The number of rotatable bonds is 13. The first-order chi connectivity index (χ1) is 9.19. The molecule has 0 saturated carbocycles. The predicted molar refractivity (Wildman–Crippen MR) is 83.3 cm³/mol. The summed E-state index contributed by atoms with van der Waals surface area (Å²) in [5, 5.41) is 19.2. The van der Waals surface area contributed by atoms with E-state index in [4.69, 9.17) is 5.11 Å². The van der Waals surface area contributed by atoms with Gasteiger partial charge in [-0.1, -0.05) is 59.3 Å². The molecular weight excluding hydrogens is 236 g/mol. The summed E-state index contributed by atoms with van der Waals surface area (Å²) < 4.78 is 0. The second kappa shape index (κ2) is 12.9. The van der Waals surface area contributed by atoms with Gasteiger partial charge < -0.3 is 10.2 Å². The van der Waals surface area contributed by atoms with Crippen molar-refractivity contribution >= 4 is 0 Å². The maximum atomic E-state index is 10.3. The quantitative estimate of drug-likeness (QED) is 0.483. The van der Waals surface area contributed by atoms with Crippen molar-refractivity contribution in [3.05, 3.63) is 0 Å². The number of hydrogen-bond donors (Lipinski definition) is 2. The maximum absolute atomic E-state index is 10.3. The summed E-state index contributed by atoms with van der Waals surface area (Å²) in [7, 11) is 0. The molecule has 0 radical (unpaired) electrons. The maximum Gasteiger partial charge on any atom is 0.0568 e. The van der Waals surface area contributed by atoms with Crippen molar-refractivity contribution in [3.8, 4) is 0 Å². The minimum Gasteiger partial charge on any atom is -0.396 e. The Kier molecular flexibility index (Phi) is 12.9. The fraction of sp³-hybridized carbons (Fsp3) is 1.00. The van der Waals surface area contributed by atoms with Crippen molar-refractivity contribution < 1.29 is 10.2 Å². The van der Waals surface area contributed by atoms with E-state index in [1.165, 1.54) is 25.7 Å². The van der Waals surface area contributed by atoms with Crippen molar-refractivity contribution in [1.82, 2.24) is 0 Å². The summed E-state index contributed by atoms with van der Waals surface area (Å²) >= 11 is 0. The van der Waals surface area contributed by atoms with Crippen LogP contribution < -0.4 is 0 Å². The third-order valence-electron chi connectivity index (χ3n) is 4.47. The molecule has 0 spiro atoms. The fourth-order valence-corrected chi connectivity index (χ4v) is 2.89. The van der Waals surface area contributed by atoms with Gasteiger partial charge in [0.1, 0.15) is 0 Å². The number of aliphatic hydroxyl groups excluding tert-OH is 2. The molecule has 2 N–H and O–H groups in total. The summed E-state index contributed by atoms with van der Waals surface area (Å²) in [6.45, 7) is 6.95. The average Bonchev–Trinajstić information content (AvgIpc) is 2.43. The molecule has 2 nitrogen and oxygen atoms in total. The molecule has 0 aliphatic rings. The first-order valence-corrected chi connectivity index (χ1v) is 8.48. The Morgan fingerprint density at radius 1 is 0.789 bits per heavy atom. The molecule has 0 rings (SSSR count). The molecule has 0 amide bonds. The van der Waals surface area contributed by atoms with Crippen LogP contribution in [0.3, 0.4) is 0 Å². The monoisotopic (exact) mass is 272 g/mol. The largest absolute Gasteiger partial charge is 0.396 e. The highest BCUT2D eigenvalue weighted by molar-refractivity contribution is 4.70. The van der Waals surface area contributed by atoms with Crippen LogP contribution in [0.2, 0.25) is 0 Å². The Bertz CT molecular complexity index is 182. The third kappa shape index (κ3) is 9.45. The van der Waals surface area contributed by atoms with Gasteiger partial charge in [-0.3, -0.25) is 0 Å². The first kappa shape index (κ1) is 18.9. The smallest absolute Gasteiger partial charge is 0.0568 e. The van der Waals surface area contributed by atoms with Gasteiger partial charge in [-0.15, -0.1) is 0 Å². The highest BCUT2D eigenvalue weighted by atomic mass is 16.3. The molecule has 116 valence electrons. The molecule has 0 aromatic carbocycles. The van der Waals surface area contributed by atoms with E-state index in [-0.39, 0.29) is 6.10 Å². The van der Waals surface area contributed by atoms with E-state index >= 15 is 0 Å². The minimum atomic E-state index is -0.105. The Balaban J connectivity index is 3.94. The van der Waals surface area contributed by atoms with Gasteiger partial charge in [-0.25, -0.2) is 0 Å². The lowest BCUT2D eigenvalue weighted by Crippen LogP contribution is -2.20. The molecule has 19 heavy (non-hydrogen) atoms. The van der Waals surface area contributed by atoms with E-state index in [9.17, 15) is 5.11 Å². The van der Waals surface area contributed by atoms with E-state index in [0.717, 1.165) is 44.4 Å². The van der Waals surface area contributed by atoms with Crippen LogP contribution in [0.4, 0.5) is 0 Å². The molecule has 3 unspecified atom stereocenters. The van der Waals surface area contributed by atoms with Gasteiger partial charge in [0.2, 0.25) is 0 Å². The van der Waals surface area contributed by atoms with Gasteiger partial charge in [0.25, 0.3) is 0 Å². The van der Waals surface area contributed by atoms with Crippen LogP contribution >= 0.6 is 0 Å². The van der Waals surface area contributed by atoms with Crippen LogP contribution in [-0.4, -0.2) is 22.9 Å². The fourth-order valence-electron chi connectivity index (χ4n) is 2.89. The molecule has 0 aromatic heterocycles. The number of aliphatic hydroxyl groups is 2. The van der Waals surface area contributed by atoms with Gasteiger partial charge in [0.15, 0.2) is 0 Å². The van der Waals surface area contributed by atoms with Crippen molar-refractivity contribution in [2.45, 2.75) is 91.1 Å². The highest BCUT2D eigenvalue weighted by Crippen LogP contribution is 2.25. The average molecular weight is 272 g/mol. The van der Waals surface area contributed by atoms with Gasteiger partial charge in [-0.2, -0.15) is 0 Å².